The van der Waals surface area contributed by atoms with Crippen molar-refractivity contribution in [3.05, 3.63) is 10.4 Å². The van der Waals surface area contributed by atoms with Gasteiger partial charge in [0, 0.05) is 23.8 Å². The van der Waals surface area contributed by atoms with E-state index in [2.05, 4.69) is 15.3 Å². The van der Waals surface area contributed by atoms with Crippen LogP contribution in [0.15, 0.2) is 5.11 Å². The molecule has 1 saturated heterocycles. The summed E-state index contributed by atoms with van der Waals surface area (Å²) in [5.74, 6) is -0.401. The van der Waals surface area contributed by atoms with Gasteiger partial charge in [-0.1, -0.05) is 24.4 Å². The van der Waals surface area contributed by atoms with E-state index in [4.69, 9.17) is 20.5 Å². The zero-order valence-electron chi connectivity index (χ0n) is 11.0. The van der Waals surface area contributed by atoms with Gasteiger partial charge in [-0.05, 0) is 18.4 Å². The van der Waals surface area contributed by atoms with Gasteiger partial charge >= 0.3 is 6.16 Å². The Balaban J connectivity index is 0.000000796. The number of unbranched alkanes of at least 4 members (excludes halogenated alkanes) is 3. The Morgan fingerprint density at radius 2 is 1.90 bits per heavy atom. The normalized spacial score (nSPS) is 16.7. The Labute approximate surface area is 115 Å². The molecule has 0 aromatic rings. The molecule has 1 aliphatic heterocycles. The first kappa shape index (κ1) is 17.7. The van der Waals surface area contributed by atoms with Crippen molar-refractivity contribution in [2.24, 2.45) is 11.0 Å². The fourth-order valence-corrected chi connectivity index (χ4v) is 1.81. The smallest absolute Gasteiger partial charge is 0.450 e. The summed E-state index contributed by atoms with van der Waals surface area (Å²) in [5, 5.41) is 19.7. The predicted molar refractivity (Wildman–Crippen MR) is 69.0 cm³/mol. The minimum atomic E-state index is -1.83. The number of imide groups is 1. The number of nitrogens with one attached hydrogen (secondary N) is 1. The fourth-order valence-electron chi connectivity index (χ4n) is 1.81. The average Bonchev–Trinajstić information content (AvgIpc) is 2.66. The highest BCUT2D eigenvalue weighted by atomic mass is 16.6. The van der Waals surface area contributed by atoms with Crippen LogP contribution >= 0.6 is 0 Å². The molecule has 0 aliphatic carbocycles. The predicted octanol–water partition coefficient (Wildman–Crippen LogP) is 2.13. The third-order valence-electron chi connectivity index (χ3n) is 2.69. The first-order valence-corrected chi connectivity index (χ1v) is 6.23. The van der Waals surface area contributed by atoms with Gasteiger partial charge in [-0.2, -0.15) is 0 Å². The topological polar surface area (TPSA) is 152 Å². The zero-order valence-corrected chi connectivity index (χ0v) is 11.0. The minimum absolute atomic E-state index is 0.121. The van der Waals surface area contributed by atoms with Gasteiger partial charge in [0.2, 0.25) is 11.8 Å². The number of azide groups is 1. The summed E-state index contributed by atoms with van der Waals surface area (Å²) < 4.78 is 0. The summed E-state index contributed by atoms with van der Waals surface area (Å²) in [6, 6.07) is 0. The largest absolute Gasteiger partial charge is 0.503 e. The van der Waals surface area contributed by atoms with Crippen molar-refractivity contribution >= 4 is 18.0 Å². The van der Waals surface area contributed by atoms with E-state index in [9.17, 15) is 9.59 Å². The Morgan fingerprint density at radius 1 is 1.30 bits per heavy atom. The fraction of sp³-hybridized carbons (Fsp3) is 0.727. The molecule has 1 aliphatic rings. The van der Waals surface area contributed by atoms with Gasteiger partial charge < -0.3 is 10.2 Å². The number of hydrogen-bond donors (Lipinski definition) is 3. The van der Waals surface area contributed by atoms with Crippen LogP contribution in [0, 0.1) is 5.92 Å². The maximum atomic E-state index is 11.2. The van der Waals surface area contributed by atoms with Crippen molar-refractivity contribution < 1.29 is 24.6 Å². The highest BCUT2D eigenvalue weighted by Crippen LogP contribution is 2.18. The molecule has 2 amide bonds. The van der Waals surface area contributed by atoms with Crippen molar-refractivity contribution in [1.29, 1.82) is 0 Å². The van der Waals surface area contributed by atoms with Crippen LogP contribution in [0.4, 0.5) is 4.79 Å². The average molecular weight is 286 g/mol. The molecule has 112 valence electrons. The van der Waals surface area contributed by atoms with Crippen molar-refractivity contribution in [2.45, 2.75) is 38.5 Å². The molecule has 9 nitrogen and oxygen atoms in total. The molecule has 0 bridgehead atoms. The van der Waals surface area contributed by atoms with Crippen molar-refractivity contribution in [1.82, 2.24) is 5.32 Å². The summed E-state index contributed by atoms with van der Waals surface area (Å²) >= 11 is 0. The maximum Gasteiger partial charge on any atom is 0.503 e. The minimum Gasteiger partial charge on any atom is -0.450 e. The van der Waals surface area contributed by atoms with E-state index in [1.807, 2.05) is 0 Å². The van der Waals surface area contributed by atoms with E-state index in [0.717, 1.165) is 32.1 Å². The molecular weight excluding hydrogens is 268 g/mol. The number of carbonyl (C=O) groups is 3. The number of rotatable bonds is 7. The summed E-state index contributed by atoms with van der Waals surface area (Å²) in [4.78, 5) is 33.3. The molecular formula is C11H18N4O5. The Kier molecular flexibility index (Phi) is 9.41. The molecule has 1 unspecified atom stereocenters. The monoisotopic (exact) mass is 286 g/mol. The lowest BCUT2D eigenvalue weighted by Crippen LogP contribution is -2.21. The molecule has 1 rings (SSSR count). The molecule has 20 heavy (non-hydrogen) atoms. The lowest BCUT2D eigenvalue weighted by molar-refractivity contribution is -0.125. The second kappa shape index (κ2) is 10.6. The number of nitrogens with zero attached hydrogens (tertiary/aromatic N) is 3. The SMILES string of the molecule is O=C(O)O.[N-]=[N+]=NCCCCCCC1CC(=O)NC1=O. The van der Waals surface area contributed by atoms with Crippen LogP contribution in [0.25, 0.3) is 10.4 Å². The third-order valence-corrected chi connectivity index (χ3v) is 2.69. The second-order valence-electron chi connectivity index (χ2n) is 4.25. The van der Waals surface area contributed by atoms with Crippen LogP contribution in [0.2, 0.25) is 0 Å². The van der Waals surface area contributed by atoms with E-state index in [1.54, 1.807) is 0 Å². The third kappa shape index (κ3) is 9.72. The Morgan fingerprint density at radius 3 is 2.40 bits per heavy atom. The van der Waals surface area contributed by atoms with Gasteiger partial charge in [-0.25, -0.2) is 4.79 Å². The Hall–Kier alpha value is -2.28. The quantitative estimate of drug-likeness (QED) is 0.215. The van der Waals surface area contributed by atoms with Crippen LogP contribution in [0.3, 0.4) is 0 Å². The molecule has 9 heteroatoms. The van der Waals surface area contributed by atoms with E-state index < -0.39 is 6.16 Å². The van der Waals surface area contributed by atoms with Gasteiger partial charge in [0.1, 0.15) is 0 Å². The first-order chi connectivity index (χ1) is 9.47. The van der Waals surface area contributed by atoms with Crippen LogP contribution in [0.5, 0.6) is 0 Å². The standard InChI is InChI=1S/C10H16N4O2.CH2O3/c11-14-12-6-4-2-1-3-5-8-7-9(15)13-10(8)16;2-1(3)4/h8H,1-7H2,(H,13,15,16);(H2,2,3,4). The molecule has 0 aromatic heterocycles. The van der Waals surface area contributed by atoms with Crippen molar-refractivity contribution in [3.8, 4) is 0 Å². The summed E-state index contributed by atoms with van der Waals surface area (Å²) in [5.41, 5.74) is 8.05. The molecule has 0 saturated carbocycles. The lowest BCUT2D eigenvalue weighted by atomic mass is 9.99. The molecule has 1 heterocycles. The van der Waals surface area contributed by atoms with E-state index in [-0.39, 0.29) is 17.7 Å². The molecule has 1 atom stereocenters. The Bertz CT molecular complexity index is 388. The van der Waals surface area contributed by atoms with Crippen LogP contribution in [-0.4, -0.2) is 34.7 Å². The maximum absolute atomic E-state index is 11.2. The van der Waals surface area contributed by atoms with Gasteiger partial charge in [0.05, 0.1) is 0 Å². The summed E-state index contributed by atoms with van der Waals surface area (Å²) in [6.07, 6.45) is 3.14. The van der Waals surface area contributed by atoms with Gasteiger partial charge in [-0.3, -0.25) is 14.9 Å². The number of hydrogen-bond acceptors (Lipinski definition) is 4. The van der Waals surface area contributed by atoms with Gasteiger partial charge in [-0.15, -0.1) is 0 Å². The number of carbonyl (C=O) groups excluding carboxylic acids is 2. The highest BCUT2D eigenvalue weighted by molar-refractivity contribution is 6.03. The van der Waals surface area contributed by atoms with Crippen molar-refractivity contribution in [3.63, 3.8) is 0 Å². The molecule has 0 radical (unpaired) electrons. The molecule has 0 spiro atoms. The van der Waals surface area contributed by atoms with Crippen LogP contribution in [-0.2, 0) is 9.59 Å². The van der Waals surface area contributed by atoms with Gasteiger partial charge in [0.25, 0.3) is 0 Å². The number of amides is 2. The van der Waals surface area contributed by atoms with E-state index in [1.165, 1.54) is 0 Å². The van der Waals surface area contributed by atoms with Crippen molar-refractivity contribution in [2.75, 3.05) is 6.54 Å². The summed E-state index contributed by atoms with van der Waals surface area (Å²) in [7, 11) is 0. The number of carboxylic acid groups (broad SMARTS) is 2. The van der Waals surface area contributed by atoms with Gasteiger partial charge in [0.15, 0.2) is 0 Å². The molecule has 3 N–H and O–H groups in total. The zero-order chi connectivity index (χ0) is 15.4. The molecule has 1 fully saturated rings. The highest BCUT2D eigenvalue weighted by Gasteiger charge is 2.29. The van der Waals surface area contributed by atoms with E-state index >= 15 is 0 Å². The summed E-state index contributed by atoms with van der Waals surface area (Å²) in [6.45, 7) is 0.541. The van der Waals surface area contributed by atoms with E-state index in [0.29, 0.717) is 13.0 Å². The van der Waals surface area contributed by atoms with Crippen LogP contribution < -0.4 is 5.32 Å². The van der Waals surface area contributed by atoms with Crippen LogP contribution in [0.1, 0.15) is 38.5 Å². The molecule has 0 aromatic carbocycles. The first-order valence-electron chi connectivity index (χ1n) is 6.23. The second-order valence-corrected chi connectivity index (χ2v) is 4.25. The lowest BCUT2D eigenvalue weighted by Gasteiger charge is -2.04.